The van der Waals surface area contributed by atoms with E-state index >= 15 is 0 Å². The van der Waals surface area contributed by atoms with Gasteiger partial charge in [0.25, 0.3) is 11.8 Å². The first kappa shape index (κ1) is 19.7. The summed E-state index contributed by atoms with van der Waals surface area (Å²) in [5.74, 6) is 1.03. The summed E-state index contributed by atoms with van der Waals surface area (Å²) < 4.78 is 11.3. The molecule has 2 aromatic carbocycles. The van der Waals surface area contributed by atoms with E-state index in [1.165, 1.54) is 0 Å². The Morgan fingerprint density at radius 2 is 1.93 bits per heavy atom. The molecule has 148 valence electrons. The van der Waals surface area contributed by atoms with Crippen LogP contribution >= 0.6 is 0 Å². The minimum Gasteiger partial charge on any atom is -0.494 e. The van der Waals surface area contributed by atoms with E-state index in [2.05, 4.69) is 12.2 Å². The highest BCUT2D eigenvalue weighted by molar-refractivity contribution is 6.05. The van der Waals surface area contributed by atoms with E-state index < -0.39 is 6.10 Å². The van der Waals surface area contributed by atoms with E-state index in [-0.39, 0.29) is 11.8 Å². The fourth-order valence-corrected chi connectivity index (χ4v) is 3.04. The van der Waals surface area contributed by atoms with Gasteiger partial charge in [-0.15, -0.1) is 0 Å². The van der Waals surface area contributed by atoms with Gasteiger partial charge in [-0.3, -0.25) is 9.59 Å². The summed E-state index contributed by atoms with van der Waals surface area (Å²) in [7, 11) is 1.70. The number of ether oxygens (including phenoxy) is 2. The molecule has 6 nitrogen and oxygen atoms in total. The molecule has 0 aliphatic carbocycles. The molecule has 1 unspecified atom stereocenters. The maximum atomic E-state index is 12.5. The van der Waals surface area contributed by atoms with E-state index in [9.17, 15) is 9.59 Å². The molecule has 0 fully saturated rings. The summed E-state index contributed by atoms with van der Waals surface area (Å²) in [5.41, 5.74) is 1.77. The second kappa shape index (κ2) is 8.78. The highest BCUT2D eigenvalue weighted by Crippen LogP contribution is 2.35. The van der Waals surface area contributed by atoms with Gasteiger partial charge in [0.05, 0.1) is 12.3 Å². The van der Waals surface area contributed by atoms with Crippen molar-refractivity contribution < 1.29 is 19.1 Å². The zero-order valence-corrected chi connectivity index (χ0v) is 16.5. The number of carbonyl (C=O) groups excluding carboxylic acids is 2. The fourth-order valence-electron chi connectivity index (χ4n) is 3.04. The Labute approximate surface area is 165 Å². The molecular formula is C22H26N2O4. The zero-order valence-electron chi connectivity index (χ0n) is 16.5. The van der Waals surface area contributed by atoms with Crippen molar-refractivity contribution in [1.82, 2.24) is 0 Å². The Balaban J connectivity index is 1.64. The lowest BCUT2D eigenvalue weighted by Crippen LogP contribution is -2.41. The van der Waals surface area contributed by atoms with Crippen molar-refractivity contribution in [3.63, 3.8) is 0 Å². The summed E-state index contributed by atoms with van der Waals surface area (Å²) in [4.78, 5) is 26.2. The van der Waals surface area contributed by atoms with Crippen molar-refractivity contribution in [3.05, 3.63) is 48.0 Å². The Kier molecular flexibility index (Phi) is 6.19. The molecular weight excluding hydrogens is 356 g/mol. The molecule has 1 heterocycles. The van der Waals surface area contributed by atoms with Crippen LogP contribution in [0.3, 0.4) is 0 Å². The first-order valence-electron chi connectivity index (χ1n) is 9.62. The predicted octanol–water partition coefficient (Wildman–Crippen LogP) is 4.25. The number of unbranched alkanes of at least 4 members (excludes halogenated alkanes) is 2. The quantitative estimate of drug-likeness (QED) is 0.727. The number of anilines is 2. The van der Waals surface area contributed by atoms with Gasteiger partial charge in [0.2, 0.25) is 0 Å². The van der Waals surface area contributed by atoms with Gasteiger partial charge in [-0.1, -0.05) is 19.8 Å². The second-order valence-electron chi connectivity index (χ2n) is 6.87. The van der Waals surface area contributed by atoms with Crippen LogP contribution in [0.2, 0.25) is 0 Å². The molecule has 0 bridgehead atoms. The average Bonchev–Trinajstić information content (AvgIpc) is 2.70. The van der Waals surface area contributed by atoms with Crippen molar-refractivity contribution in [3.8, 4) is 11.5 Å². The van der Waals surface area contributed by atoms with Gasteiger partial charge in [-0.25, -0.2) is 0 Å². The standard InChI is InChI=1S/C22H26N2O4/c1-4-5-6-13-27-18-10-7-16(8-11-18)21(25)23-17-9-12-20-19(14-17)24(3)22(26)15(2)28-20/h7-12,14-15H,4-6,13H2,1-3H3,(H,23,25). The highest BCUT2D eigenvalue weighted by Gasteiger charge is 2.29. The predicted molar refractivity (Wildman–Crippen MR) is 109 cm³/mol. The van der Waals surface area contributed by atoms with Crippen LogP contribution in [0.5, 0.6) is 11.5 Å². The van der Waals surface area contributed by atoms with Crippen molar-refractivity contribution in [1.29, 1.82) is 0 Å². The van der Waals surface area contributed by atoms with Crippen molar-refractivity contribution in [2.45, 2.75) is 39.2 Å². The number of benzene rings is 2. The number of hydrogen-bond donors (Lipinski definition) is 1. The number of nitrogens with one attached hydrogen (secondary N) is 1. The third-order valence-electron chi connectivity index (χ3n) is 4.69. The number of hydrogen-bond acceptors (Lipinski definition) is 4. The van der Waals surface area contributed by atoms with Crippen molar-refractivity contribution >= 4 is 23.2 Å². The van der Waals surface area contributed by atoms with Crippen LogP contribution in [0, 0.1) is 0 Å². The van der Waals surface area contributed by atoms with Crippen LogP contribution in [0.4, 0.5) is 11.4 Å². The fraction of sp³-hybridized carbons (Fsp3) is 0.364. The van der Waals surface area contributed by atoms with Gasteiger partial charge in [0.1, 0.15) is 11.5 Å². The van der Waals surface area contributed by atoms with Crippen LogP contribution in [0.1, 0.15) is 43.5 Å². The Hall–Kier alpha value is -3.02. The zero-order chi connectivity index (χ0) is 20.1. The third-order valence-corrected chi connectivity index (χ3v) is 4.69. The van der Waals surface area contributed by atoms with E-state index in [4.69, 9.17) is 9.47 Å². The first-order chi connectivity index (χ1) is 13.5. The van der Waals surface area contributed by atoms with Gasteiger partial charge >= 0.3 is 0 Å². The van der Waals surface area contributed by atoms with Gasteiger partial charge in [0.15, 0.2) is 6.10 Å². The van der Waals surface area contributed by atoms with Crippen LogP contribution in [-0.2, 0) is 4.79 Å². The lowest BCUT2D eigenvalue weighted by Gasteiger charge is -2.30. The van der Waals surface area contributed by atoms with E-state index in [1.54, 1.807) is 61.3 Å². The highest BCUT2D eigenvalue weighted by atomic mass is 16.5. The van der Waals surface area contributed by atoms with Crippen LogP contribution < -0.4 is 19.7 Å². The molecule has 0 spiro atoms. The Bertz CT molecular complexity index is 848. The molecule has 6 heteroatoms. The molecule has 1 N–H and O–H groups in total. The van der Waals surface area contributed by atoms with Crippen LogP contribution in [0.15, 0.2) is 42.5 Å². The number of rotatable bonds is 7. The topological polar surface area (TPSA) is 67.9 Å². The minimum atomic E-state index is -0.513. The van der Waals surface area contributed by atoms with Crippen molar-refractivity contribution in [2.24, 2.45) is 0 Å². The molecule has 28 heavy (non-hydrogen) atoms. The SMILES string of the molecule is CCCCCOc1ccc(C(=O)Nc2ccc3c(c2)N(C)C(=O)C(C)O3)cc1. The normalized spacial score (nSPS) is 15.6. The van der Waals surface area contributed by atoms with Gasteiger partial charge in [-0.2, -0.15) is 0 Å². The molecule has 3 rings (SSSR count). The van der Waals surface area contributed by atoms with Crippen LogP contribution in [0.25, 0.3) is 0 Å². The molecule has 2 amide bonds. The number of nitrogens with zero attached hydrogens (tertiary/aromatic N) is 1. The molecule has 2 aromatic rings. The molecule has 0 aromatic heterocycles. The van der Waals surface area contributed by atoms with Crippen LogP contribution in [-0.4, -0.2) is 31.6 Å². The van der Waals surface area contributed by atoms with E-state index in [0.717, 1.165) is 25.0 Å². The maximum absolute atomic E-state index is 12.5. The number of fused-ring (bicyclic) bond motifs is 1. The first-order valence-corrected chi connectivity index (χ1v) is 9.62. The lowest BCUT2D eigenvalue weighted by atomic mass is 10.1. The largest absolute Gasteiger partial charge is 0.494 e. The lowest BCUT2D eigenvalue weighted by molar-refractivity contribution is -0.125. The summed E-state index contributed by atoms with van der Waals surface area (Å²) in [6.07, 6.45) is 2.81. The summed E-state index contributed by atoms with van der Waals surface area (Å²) >= 11 is 0. The molecule has 0 saturated carbocycles. The molecule has 1 aliphatic heterocycles. The second-order valence-corrected chi connectivity index (χ2v) is 6.87. The number of likely N-dealkylation sites (N-methyl/N-ethyl adjacent to an activating group) is 1. The summed E-state index contributed by atoms with van der Waals surface area (Å²) in [6.45, 7) is 4.55. The molecule has 1 atom stereocenters. The van der Waals surface area contributed by atoms with Gasteiger partial charge in [-0.05, 0) is 55.8 Å². The van der Waals surface area contributed by atoms with Gasteiger partial charge < -0.3 is 19.7 Å². The number of amides is 2. The van der Waals surface area contributed by atoms with E-state index in [1.807, 2.05) is 0 Å². The van der Waals surface area contributed by atoms with Gasteiger partial charge in [0, 0.05) is 18.3 Å². The smallest absolute Gasteiger partial charge is 0.267 e. The summed E-state index contributed by atoms with van der Waals surface area (Å²) in [6, 6.07) is 12.3. The summed E-state index contributed by atoms with van der Waals surface area (Å²) in [5, 5.41) is 2.86. The van der Waals surface area contributed by atoms with Crippen molar-refractivity contribution in [2.75, 3.05) is 23.9 Å². The molecule has 0 saturated heterocycles. The average molecular weight is 382 g/mol. The molecule has 0 radical (unpaired) electrons. The third kappa shape index (κ3) is 4.44. The Morgan fingerprint density at radius 1 is 1.18 bits per heavy atom. The monoisotopic (exact) mass is 382 g/mol. The minimum absolute atomic E-state index is 0.120. The van der Waals surface area contributed by atoms with E-state index in [0.29, 0.717) is 29.3 Å². The molecule has 1 aliphatic rings. The Morgan fingerprint density at radius 3 is 2.64 bits per heavy atom. The maximum Gasteiger partial charge on any atom is 0.267 e. The number of carbonyl (C=O) groups is 2.